The maximum Gasteiger partial charge on any atom is 0.264 e. The van der Waals surface area contributed by atoms with Crippen molar-refractivity contribution in [1.82, 2.24) is 0 Å². The van der Waals surface area contributed by atoms with Gasteiger partial charge in [0, 0.05) is 6.07 Å². The van der Waals surface area contributed by atoms with Gasteiger partial charge in [-0.15, -0.1) is 0 Å². The van der Waals surface area contributed by atoms with Gasteiger partial charge < -0.3 is 5.73 Å². The molecule has 19 heavy (non-hydrogen) atoms. The van der Waals surface area contributed by atoms with Crippen LogP contribution in [0, 0.1) is 11.6 Å². The van der Waals surface area contributed by atoms with Crippen molar-refractivity contribution in [2.45, 2.75) is 4.90 Å². The van der Waals surface area contributed by atoms with Crippen LogP contribution in [0.5, 0.6) is 0 Å². The van der Waals surface area contributed by atoms with Gasteiger partial charge in [0.1, 0.15) is 16.5 Å². The summed E-state index contributed by atoms with van der Waals surface area (Å²) in [6.45, 7) is 0. The van der Waals surface area contributed by atoms with Gasteiger partial charge >= 0.3 is 0 Å². The van der Waals surface area contributed by atoms with Gasteiger partial charge in [0.2, 0.25) is 0 Å². The summed E-state index contributed by atoms with van der Waals surface area (Å²) in [5.74, 6) is -1.64. The highest BCUT2D eigenvalue weighted by Crippen LogP contribution is 2.21. The average molecular weight is 284 g/mol. The summed E-state index contributed by atoms with van der Waals surface area (Å²) < 4.78 is 52.5. The smallest absolute Gasteiger partial charge is 0.264 e. The number of halogens is 2. The Kier molecular flexibility index (Phi) is 3.39. The summed E-state index contributed by atoms with van der Waals surface area (Å²) in [6.07, 6.45) is 0. The summed E-state index contributed by atoms with van der Waals surface area (Å²) in [7, 11) is -4.11. The van der Waals surface area contributed by atoms with Crippen LogP contribution in [0.1, 0.15) is 0 Å². The van der Waals surface area contributed by atoms with Crippen molar-refractivity contribution in [3.05, 3.63) is 54.1 Å². The van der Waals surface area contributed by atoms with Crippen LogP contribution in [0.15, 0.2) is 47.4 Å². The third-order valence-electron chi connectivity index (χ3n) is 2.38. The Morgan fingerprint density at radius 1 is 1.00 bits per heavy atom. The molecule has 0 aromatic heterocycles. The Bertz CT molecular complexity index is 717. The molecule has 100 valence electrons. The molecule has 0 radical (unpaired) electrons. The first-order chi connectivity index (χ1) is 8.90. The number of benzene rings is 2. The largest absolute Gasteiger partial charge is 0.396 e. The molecule has 2 aromatic rings. The Hall–Kier alpha value is -2.15. The number of sulfonamides is 1. The molecule has 0 heterocycles. The van der Waals surface area contributed by atoms with Crippen LogP contribution in [0.4, 0.5) is 20.2 Å². The molecular weight excluding hydrogens is 274 g/mol. The maximum atomic E-state index is 13.4. The zero-order valence-electron chi connectivity index (χ0n) is 9.60. The van der Waals surface area contributed by atoms with Gasteiger partial charge in [0.05, 0.1) is 11.4 Å². The van der Waals surface area contributed by atoms with Gasteiger partial charge in [-0.25, -0.2) is 17.2 Å². The number of nitrogens with two attached hydrogens (primary N) is 1. The van der Waals surface area contributed by atoms with E-state index in [1.54, 1.807) is 0 Å². The number of nitrogens with one attached hydrogen (secondary N) is 1. The second kappa shape index (κ2) is 4.85. The molecule has 0 aliphatic carbocycles. The number of nitrogen functional groups attached to an aromatic ring is 1. The Morgan fingerprint density at radius 2 is 1.68 bits per heavy atom. The standard InChI is InChI=1S/C12H10F2N2O2S/c13-9-3-1-2-4-12(9)19(17,18)16-8-5-6-11(15)10(14)7-8/h1-7,16H,15H2. The van der Waals surface area contributed by atoms with E-state index in [0.29, 0.717) is 0 Å². The van der Waals surface area contributed by atoms with Crippen LogP contribution >= 0.6 is 0 Å². The molecule has 4 nitrogen and oxygen atoms in total. The monoisotopic (exact) mass is 284 g/mol. The van der Waals surface area contributed by atoms with E-state index in [2.05, 4.69) is 4.72 Å². The highest BCUT2D eigenvalue weighted by Gasteiger charge is 2.18. The molecule has 3 N–H and O–H groups in total. The predicted molar refractivity (Wildman–Crippen MR) is 68.0 cm³/mol. The first kappa shape index (κ1) is 13.3. The topological polar surface area (TPSA) is 72.2 Å². The maximum absolute atomic E-state index is 13.4. The van der Waals surface area contributed by atoms with Gasteiger partial charge in [-0.1, -0.05) is 12.1 Å². The summed E-state index contributed by atoms with van der Waals surface area (Å²) in [6, 6.07) is 8.33. The molecule has 2 aromatic carbocycles. The Labute approximate surface area is 108 Å². The van der Waals surface area contributed by atoms with Gasteiger partial charge in [0.15, 0.2) is 0 Å². The highest BCUT2D eigenvalue weighted by molar-refractivity contribution is 7.92. The number of hydrogen-bond donors (Lipinski definition) is 2. The lowest BCUT2D eigenvalue weighted by Gasteiger charge is -2.09. The minimum Gasteiger partial charge on any atom is -0.396 e. The van der Waals surface area contributed by atoms with E-state index in [1.807, 2.05) is 0 Å². The van der Waals surface area contributed by atoms with Gasteiger partial charge in [-0.3, -0.25) is 4.72 Å². The van der Waals surface area contributed by atoms with Crippen LogP contribution < -0.4 is 10.5 Å². The molecule has 0 aliphatic rings. The quantitative estimate of drug-likeness (QED) is 0.850. The fourth-order valence-electron chi connectivity index (χ4n) is 1.46. The first-order valence-electron chi connectivity index (χ1n) is 5.22. The molecule has 0 atom stereocenters. The lowest BCUT2D eigenvalue weighted by molar-refractivity contribution is 0.570. The third-order valence-corrected chi connectivity index (χ3v) is 3.79. The SMILES string of the molecule is Nc1ccc(NS(=O)(=O)c2ccccc2F)cc1F. The lowest BCUT2D eigenvalue weighted by Crippen LogP contribution is -2.14. The molecule has 0 bridgehead atoms. The molecule has 0 fully saturated rings. The van der Waals surface area contributed by atoms with Crippen LogP contribution in [0.3, 0.4) is 0 Å². The highest BCUT2D eigenvalue weighted by atomic mass is 32.2. The molecule has 0 amide bonds. The first-order valence-corrected chi connectivity index (χ1v) is 6.71. The summed E-state index contributed by atoms with van der Waals surface area (Å²) >= 11 is 0. The van der Waals surface area contributed by atoms with E-state index >= 15 is 0 Å². The second-order valence-electron chi connectivity index (χ2n) is 3.77. The van der Waals surface area contributed by atoms with Gasteiger partial charge in [-0.2, -0.15) is 0 Å². The fraction of sp³-hybridized carbons (Fsp3) is 0. The van der Waals surface area contributed by atoms with Crippen molar-refractivity contribution in [3.63, 3.8) is 0 Å². The third kappa shape index (κ3) is 2.82. The van der Waals surface area contributed by atoms with Crippen molar-refractivity contribution >= 4 is 21.4 Å². The molecule has 0 saturated carbocycles. The zero-order chi connectivity index (χ0) is 14.0. The second-order valence-corrected chi connectivity index (χ2v) is 5.42. The fourth-order valence-corrected chi connectivity index (χ4v) is 2.59. The zero-order valence-corrected chi connectivity index (χ0v) is 10.4. The molecular formula is C12H10F2N2O2S. The summed E-state index contributed by atoms with van der Waals surface area (Å²) in [5, 5.41) is 0. The van der Waals surface area contributed by atoms with E-state index in [9.17, 15) is 17.2 Å². The van der Waals surface area contributed by atoms with E-state index in [0.717, 1.165) is 18.2 Å². The molecule has 0 saturated heterocycles. The van der Waals surface area contributed by atoms with Crippen LogP contribution in [-0.4, -0.2) is 8.42 Å². The molecule has 7 heteroatoms. The van der Waals surface area contributed by atoms with Crippen molar-refractivity contribution in [3.8, 4) is 0 Å². The molecule has 0 spiro atoms. The van der Waals surface area contributed by atoms with Crippen molar-refractivity contribution < 1.29 is 17.2 Å². The minimum absolute atomic E-state index is 0.0325. The molecule has 0 unspecified atom stereocenters. The van der Waals surface area contributed by atoms with E-state index in [1.165, 1.54) is 24.3 Å². The minimum atomic E-state index is -4.11. The number of anilines is 2. The predicted octanol–water partition coefficient (Wildman–Crippen LogP) is 2.35. The average Bonchev–Trinajstić information content (AvgIpc) is 2.34. The van der Waals surface area contributed by atoms with Crippen LogP contribution in [-0.2, 0) is 10.0 Å². The Morgan fingerprint density at radius 3 is 2.32 bits per heavy atom. The van der Waals surface area contributed by atoms with Gasteiger partial charge in [0.25, 0.3) is 10.0 Å². The molecule has 0 aliphatic heterocycles. The molecule has 2 rings (SSSR count). The van der Waals surface area contributed by atoms with Crippen molar-refractivity contribution in [2.24, 2.45) is 0 Å². The number of rotatable bonds is 3. The normalized spacial score (nSPS) is 11.3. The lowest BCUT2D eigenvalue weighted by atomic mass is 10.3. The van der Waals surface area contributed by atoms with Gasteiger partial charge in [-0.05, 0) is 24.3 Å². The van der Waals surface area contributed by atoms with E-state index < -0.39 is 26.6 Å². The van der Waals surface area contributed by atoms with Crippen molar-refractivity contribution in [1.29, 1.82) is 0 Å². The van der Waals surface area contributed by atoms with E-state index in [-0.39, 0.29) is 11.4 Å². The summed E-state index contributed by atoms with van der Waals surface area (Å²) in [5.41, 5.74) is 5.14. The van der Waals surface area contributed by atoms with E-state index in [4.69, 9.17) is 5.73 Å². The van der Waals surface area contributed by atoms with Crippen molar-refractivity contribution in [2.75, 3.05) is 10.5 Å². The number of hydrogen-bond acceptors (Lipinski definition) is 3. The van der Waals surface area contributed by atoms with Crippen LogP contribution in [0.25, 0.3) is 0 Å². The Balaban J connectivity index is 2.37. The summed E-state index contributed by atoms with van der Waals surface area (Å²) in [4.78, 5) is -0.507. The van der Waals surface area contributed by atoms with Crippen LogP contribution in [0.2, 0.25) is 0 Å².